The van der Waals surface area contributed by atoms with Crippen molar-refractivity contribution < 1.29 is 13.2 Å². The monoisotopic (exact) mass is 432 g/mol. The van der Waals surface area contributed by atoms with Crippen molar-refractivity contribution in [1.82, 2.24) is 14.7 Å². The van der Waals surface area contributed by atoms with Gasteiger partial charge in [0.05, 0.1) is 23.2 Å². The van der Waals surface area contributed by atoms with Gasteiger partial charge in [0, 0.05) is 24.6 Å². The van der Waals surface area contributed by atoms with Gasteiger partial charge in [-0.1, -0.05) is 58.0 Å². The predicted octanol–water partition coefficient (Wildman–Crippen LogP) is 3.98. The van der Waals surface area contributed by atoms with Crippen LogP contribution in [-0.2, 0) is 21.8 Å². The van der Waals surface area contributed by atoms with Gasteiger partial charge < -0.3 is 4.90 Å². The third-order valence-corrected chi connectivity index (χ3v) is 7.04. The molecule has 1 saturated heterocycles. The average Bonchev–Trinajstić information content (AvgIpc) is 3.25. The molecule has 2 aromatic rings. The highest BCUT2D eigenvalue weighted by atomic mass is 32.2. The molecule has 1 aromatic heterocycles. The van der Waals surface area contributed by atoms with Crippen LogP contribution < -0.4 is 5.32 Å². The molecule has 30 heavy (non-hydrogen) atoms. The zero-order chi connectivity index (χ0) is 21.9. The van der Waals surface area contributed by atoms with E-state index in [0.29, 0.717) is 25.3 Å². The van der Waals surface area contributed by atoms with E-state index in [2.05, 4.69) is 26.1 Å². The van der Waals surface area contributed by atoms with Crippen molar-refractivity contribution in [1.29, 1.82) is 0 Å². The zero-order valence-corrected chi connectivity index (χ0v) is 19.1. The Bertz CT molecular complexity index is 978. The second-order valence-corrected chi connectivity index (χ2v) is 11.2. The van der Waals surface area contributed by atoms with Gasteiger partial charge in [0.1, 0.15) is 5.82 Å². The lowest BCUT2D eigenvalue weighted by Gasteiger charge is -2.23. The summed E-state index contributed by atoms with van der Waals surface area (Å²) in [6, 6.07) is 11.3. The highest BCUT2D eigenvalue weighted by Gasteiger charge is 2.33. The lowest BCUT2D eigenvalue weighted by atomic mass is 9.92. The number of rotatable bonds is 6. The van der Waals surface area contributed by atoms with Crippen molar-refractivity contribution in [3.63, 3.8) is 0 Å². The highest BCUT2D eigenvalue weighted by molar-refractivity contribution is 7.91. The number of nitrogens with one attached hydrogen (secondary N) is 1. The van der Waals surface area contributed by atoms with Crippen LogP contribution in [0.1, 0.15) is 57.8 Å². The predicted molar refractivity (Wildman–Crippen MR) is 119 cm³/mol. The third-order valence-electron chi connectivity index (χ3n) is 5.29. The molecule has 1 aromatic carbocycles. The van der Waals surface area contributed by atoms with Crippen molar-refractivity contribution in [2.75, 3.05) is 23.4 Å². The molecular formula is C22H32N4O3S. The van der Waals surface area contributed by atoms with E-state index in [-0.39, 0.29) is 29.0 Å². The van der Waals surface area contributed by atoms with Gasteiger partial charge in [0.15, 0.2) is 9.84 Å². The van der Waals surface area contributed by atoms with E-state index in [9.17, 15) is 13.2 Å². The number of amides is 2. The van der Waals surface area contributed by atoms with Crippen LogP contribution in [0.15, 0.2) is 36.4 Å². The maximum absolute atomic E-state index is 13.1. The normalized spacial score (nSPS) is 18.3. The molecular weight excluding hydrogens is 400 g/mol. The molecule has 1 N–H and O–H groups in total. The summed E-state index contributed by atoms with van der Waals surface area (Å²) in [4.78, 5) is 14.9. The van der Waals surface area contributed by atoms with E-state index in [1.807, 2.05) is 43.3 Å². The first-order valence-corrected chi connectivity index (χ1v) is 12.3. The summed E-state index contributed by atoms with van der Waals surface area (Å²) >= 11 is 0. The fraction of sp³-hybridized carbons (Fsp3) is 0.545. The summed E-state index contributed by atoms with van der Waals surface area (Å²) in [5, 5.41) is 7.70. The molecule has 7 nitrogen and oxygen atoms in total. The van der Waals surface area contributed by atoms with Crippen molar-refractivity contribution in [3.05, 3.63) is 47.7 Å². The van der Waals surface area contributed by atoms with Gasteiger partial charge in [-0.2, -0.15) is 5.10 Å². The number of anilines is 1. The fourth-order valence-corrected chi connectivity index (χ4v) is 5.31. The molecule has 0 aliphatic carbocycles. The molecule has 8 heteroatoms. The molecule has 1 fully saturated rings. The van der Waals surface area contributed by atoms with Crippen molar-refractivity contribution >= 4 is 21.7 Å². The summed E-state index contributed by atoms with van der Waals surface area (Å²) in [5.41, 5.74) is 1.68. The van der Waals surface area contributed by atoms with E-state index >= 15 is 0 Å². The molecule has 3 rings (SSSR count). The van der Waals surface area contributed by atoms with Crippen molar-refractivity contribution in [2.45, 2.75) is 58.5 Å². The molecule has 0 unspecified atom stereocenters. The van der Waals surface area contributed by atoms with Crippen LogP contribution in [0, 0.1) is 0 Å². The van der Waals surface area contributed by atoms with Crippen LogP contribution in [0.3, 0.4) is 0 Å². The van der Waals surface area contributed by atoms with Crippen molar-refractivity contribution in [3.8, 4) is 0 Å². The van der Waals surface area contributed by atoms with E-state index < -0.39 is 9.84 Å². The Labute approximate surface area is 179 Å². The van der Waals surface area contributed by atoms with E-state index in [4.69, 9.17) is 5.10 Å². The number of urea groups is 1. The summed E-state index contributed by atoms with van der Waals surface area (Å²) in [6.45, 7) is 9.33. The maximum atomic E-state index is 13.1. The number of hydrogen-bond acceptors (Lipinski definition) is 4. The van der Waals surface area contributed by atoms with Gasteiger partial charge in [0.25, 0.3) is 0 Å². The lowest BCUT2D eigenvalue weighted by molar-refractivity contribution is 0.209. The second kappa shape index (κ2) is 8.79. The van der Waals surface area contributed by atoms with Gasteiger partial charge in [-0.3, -0.25) is 5.32 Å². The van der Waals surface area contributed by atoms with Crippen LogP contribution >= 0.6 is 0 Å². The van der Waals surface area contributed by atoms with Crippen LogP contribution in [0.4, 0.5) is 10.6 Å². The van der Waals surface area contributed by atoms with Crippen LogP contribution in [0.5, 0.6) is 0 Å². The zero-order valence-electron chi connectivity index (χ0n) is 18.3. The van der Waals surface area contributed by atoms with Crippen LogP contribution in [0.25, 0.3) is 0 Å². The number of sulfone groups is 1. The minimum absolute atomic E-state index is 0.0593. The van der Waals surface area contributed by atoms with Gasteiger partial charge in [0.2, 0.25) is 0 Å². The largest absolute Gasteiger partial charge is 0.323 e. The molecule has 0 spiro atoms. The van der Waals surface area contributed by atoms with Crippen LogP contribution in [-0.4, -0.2) is 47.2 Å². The Morgan fingerprint density at radius 2 is 1.97 bits per heavy atom. The Balaban J connectivity index is 1.86. The van der Waals surface area contributed by atoms with Gasteiger partial charge >= 0.3 is 6.03 Å². The molecule has 2 amide bonds. The van der Waals surface area contributed by atoms with E-state index in [1.54, 1.807) is 9.58 Å². The Hall–Kier alpha value is -2.35. The second-order valence-electron chi connectivity index (χ2n) is 9.00. The molecule has 1 aliphatic rings. The maximum Gasteiger partial charge on any atom is 0.323 e. The van der Waals surface area contributed by atoms with Gasteiger partial charge in [-0.25, -0.2) is 17.9 Å². The molecule has 2 heterocycles. The minimum Gasteiger partial charge on any atom is -0.320 e. The third kappa shape index (κ3) is 5.41. The van der Waals surface area contributed by atoms with E-state index in [1.165, 1.54) is 0 Å². The smallest absolute Gasteiger partial charge is 0.320 e. The molecule has 1 atom stereocenters. The first-order chi connectivity index (χ1) is 14.1. The van der Waals surface area contributed by atoms with Gasteiger partial charge in [-0.15, -0.1) is 0 Å². The molecule has 164 valence electrons. The SMILES string of the molecule is CCCN(Cc1ccccc1)C(=O)Nc1cc(C(C)(C)C)nn1[C@H]1CCS(=O)(=O)C1. The summed E-state index contributed by atoms with van der Waals surface area (Å²) in [5.74, 6) is 0.774. The number of nitrogens with zero attached hydrogens (tertiary/aromatic N) is 3. The summed E-state index contributed by atoms with van der Waals surface area (Å²) in [6.07, 6.45) is 1.35. The summed E-state index contributed by atoms with van der Waals surface area (Å²) in [7, 11) is -3.06. The quantitative estimate of drug-likeness (QED) is 0.748. The molecule has 0 bridgehead atoms. The summed E-state index contributed by atoms with van der Waals surface area (Å²) < 4.78 is 25.7. The Morgan fingerprint density at radius 3 is 2.53 bits per heavy atom. The number of benzene rings is 1. The fourth-order valence-electron chi connectivity index (χ4n) is 3.62. The Kier molecular flexibility index (Phi) is 6.55. The first-order valence-electron chi connectivity index (χ1n) is 10.5. The number of carbonyl (C=O) groups is 1. The standard InChI is InChI=1S/C22H32N4O3S/c1-5-12-25(15-17-9-7-6-8-10-17)21(27)23-20-14-19(22(2,3)4)24-26(20)18-11-13-30(28,29)16-18/h6-10,14,18H,5,11-13,15-16H2,1-4H3,(H,23,27)/t18-/m0/s1. The average molecular weight is 433 g/mol. The van der Waals surface area contributed by atoms with E-state index in [0.717, 1.165) is 17.7 Å². The molecule has 1 aliphatic heterocycles. The topological polar surface area (TPSA) is 84.3 Å². The van der Waals surface area contributed by atoms with Gasteiger partial charge in [-0.05, 0) is 18.4 Å². The number of hydrogen-bond donors (Lipinski definition) is 1. The van der Waals surface area contributed by atoms with Crippen LogP contribution in [0.2, 0.25) is 0 Å². The number of aromatic nitrogens is 2. The minimum atomic E-state index is -3.06. The first kappa shape index (κ1) is 22.3. The molecule has 0 saturated carbocycles. The molecule has 0 radical (unpaired) electrons. The number of carbonyl (C=O) groups excluding carboxylic acids is 1. The lowest BCUT2D eigenvalue weighted by Crippen LogP contribution is -2.36. The van der Waals surface area contributed by atoms with Crippen molar-refractivity contribution in [2.24, 2.45) is 0 Å². The highest BCUT2D eigenvalue weighted by Crippen LogP contribution is 2.31. The Morgan fingerprint density at radius 1 is 1.27 bits per heavy atom.